The van der Waals surface area contributed by atoms with Crippen molar-refractivity contribution in [3.05, 3.63) is 66.2 Å². The number of rotatable bonds is 4. The van der Waals surface area contributed by atoms with Crippen LogP contribution in [-0.2, 0) is 6.42 Å². The molecule has 0 amide bonds. The molecule has 0 aliphatic carbocycles. The monoisotopic (exact) mass is 335 g/mol. The number of isothiocyanates is 1. The van der Waals surface area contributed by atoms with E-state index in [1.165, 1.54) is 11.8 Å². The fourth-order valence-electron chi connectivity index (χ4n) is 2.41. The standard InChI is InChI=1S/C19H14FN3S/c1-2-13-3-5-14(6-4-13)15-7-9-16(10-8-15)18-19(20)23-17(11-21-18)22-12-24/h3-11H,2H2,1H3. The van der Waals surface area contributed by atoms with Gasteiger partial charge in [0, 0.05) is 5.56 Å². The van der Waals surface area contributed by atoms with Crippen LogP contribution in [-0.4, -0.2) is 15.1 Å². The number of thiocarbonyl (C=S) groups is 1. The number of halogens is 1. The van der Waals surface area contributed by atoms with Crippen molar-refractivity contribution in [3.63, 3.8) is 0 Å². The van der Waals surface area contributed by atoms with E-state index in [1.54, 1.807) is 0 Å². The molecular formula is C19H14FN3S. The third kappa shape index (κ3) is 3.43. The SMILES string of the molecule is CCc1ccc(-c2ccc(-c3ncc(N=C=S)nc3F)cc2)cc1. The van der Waals surface area contributed by atoms with Crippen LogP contribution in [0.3, 0.4) is 0 Å². The Labute approximate surface area is 144 Å². The summed E-state index contributed by atoms with van der Waals surface area (Å²) in [6.45, 7) is 2.13. The van der Waals surface area contributed by atoms with Crippen molar-refractivity contribution < 1.29 is 4.39 Å². The van der Waals surface area contributed by atoms with Gasteiger partial charge in [-0.3, -0.25) is 0 Å². The summed E-state index contributed by atoms with van der Waals surface area (Å²) in [5.41, 5.74) is 4.33. The molecule has 118 valence electrons. The van der Waals surface area contributed by atoms with Crippen molar-refractivity contribution in [2.75, 3.05) is 0 Å². The van der Waals surface area contributed by atoms with Crippen LogP contribution < -0.4 is 0 Å². The first-order valence-corrected chi connectivity index (χ1v) is 7.92. The molecule has 0 fully saturated rings. The van der Waals surface area contributed by atoms with Gasteiger partial charge in [-0.25, -0.2) is 4.98 Å². The second kappa shape index (κ2) is 7.21. The number of aliphatic imine (C=N–C) groups is 1. The molecule has 24 heavy (non-hydrogen) atoms. The Morgan fingerprint density at radius 3 is 2.12 bits per heavy atom. The van der Waals surface area contributed by atoms with Gasteiger partial charge >= 0.3 is 0 Å². The highest BCUT2D eigenvalue weighted by Crippen LogP contribution is 2.26. The van der Waals surface area contributed by atoms with E-state index in [2.05, 4.69) is 63.5 Å². The fourth-order valence-corrected chi connectivity index (χ4v) is 2.50. The third-order valence-corrected chi connectivity index (χ3v) is 3.82. The third-order valence-electron chi connectivity index (χ3n) is 3.73. The lowest BCUT2D eigenvalue weighted by molar-refractivity contribution is 0.582. The Kier molecular flexibility index (Phi) is 4.85. The van der Waals surface area contributed by atoms with E-state index in [0.717, 1.165) is 17.5 Å². The molecule has 0 aliphatic heterocycles. The van der Waals surface area contributed by atoms with E-state index in [1.807, 2.05) is 24.3 Å². The van der Waals surface area contributed by atoms with Crippen LogP contribution >= 0.6 is 12.2 Å². The average molecular weight is 335 g/mol. The van der Waals surface area contributed by atoms with Gasteiger partial charge in [0.15, 0.2) is 5.82 Å². The summed E-state index contributed by atoms with van der Waals surface area (Å²) >= 11 is 4.47. The molecule has 1 heterocycles. The van der Waals surface area contributed by atoms with Gasteiger partial charge in [0.2, 0.25) is 5.95 Å². The van der Waals surface area contributed by atoms with Crippen LogP contribution in [0, 0.1) is 5.95 Å². The molecular weight excluding hydrogens is 321 g/mol. The van der Waals surface area contributed by atoms with E-state index in [4.69, 9.17) is 0 Å². The zero-order valence-corrected chi connectivity index (χ0v) is 13.8. The summed E-state index contributed by atoms with van der Waals surface area (Å²) in [5.74, 6) is -0.569. The Balaban J connectivity index is 1.90. The van der Waals surface area contributed by atoms with Crippen LogP contribution in [0.4, 0.5) is 10.2 Å². The zero-order chi connectivity index (χ0) is 16.9. The molecule has 0 aliphatic rings. The molecule has 0 saturated heterocycles. The van der Waals surface area contributed by atoms with Gasteiger partial charge in [-0.2, -0.15) is 14.4 Å². The lowest BCUT2D eigenvalue weighted by Crippen LogP contribution is -1.93. The molecule has 3 nitrogen and oxygen atoms in total. The van der Waals surface area contributed by atoms with Gasteiger partial charge in [0.1, 0.15) is 5.69 Å². The largest absolute Gasteiger partial charge is 0.247 e. The van der Waals surface area contributed by atoms with E-state index >= 15 is 0 Å². The normalized spacial score (nSPS) is 10.2. The predicted octanol–water partition coefficient (Wildman–Crippen LogP) is 5.25. The number of hydrogen-bond donors (Lipinski definition) is 0. The van der Waals surface area contributed by atoms with Gasteiger partial charge in [0.25, 0.3) is 0 Å². The molecule has 0 spiro atoms. The highest BCUT2D eigenvalue weighted by atomic mass is 32.1. The Morgan fingerprint density at radius 1 is 1.00 bits per heavy atom. The second-order valence-corrected chi connectivity index (χ2v) is 5.38. The minimum absolute atomic E-state index is 0.110. The lowest BCUT2D eigenvalue weighted by Gasteiger charge is -2.06. The Hall–Kier alpha value is -2.75. The molecule has 0 N–H and O–H groups in total. The predicted molar refractivity (Wildman–Crippen MR) is 96.9 cm³/mol. The first-order valence-electron chi connectivity index (χ1n) is 7.51. The highest BCUT2D eigenvalue weighted by Gasteiger charge is 2.09. The molecule has 0 saturated carbocycles. The molecule has 5 heteroatoms. The molecule has 0 bridgehead atoms. The van der Waals surface area contributed by atoms with Gasteiger partial charge in [-0.1, -0.05) is 55.5 Å². The van der Waals surface area contributed by atoms with Crippen LogP contribution in [0.5, 0.6) is 0 Å². The topological polar surface area (TPSA) is 38.1 Å². The first-order chi connectivity index (χ1) is 11.7. The maximum atomic E-state index is 14.1. The lowest BCUT2D eigenvalue weighted by atomic mass is 10.0. The Bertz CT molecular complexity index is 899. The Morgan fingerprint density at radius 2 is 1.58 bits per heavy atom. The summed E-state index contributed by atoms with van der Waals surface area (Å²) in [7, 11) is 0. The van der Waals surface area contributed by atoms with E-state index in [9.17, 15) is 4.39 Å². The van der Waals surface area contributed by atoms with Gasteiger partial charge in [-0.15, -0.1) is 0 Å². The van der Waals surface area contributed by atoms with Gasteiger partial charge in [-0.05, 0) is 35.3 Å². The average Bonchev–Trinajstić information content (AvgIpc) is 2.62. The molecule has 3 aromatic rings. The van der Waals surface area contributed by atoms with E-state index < -0.39 is 5.95 Å². The number of benzene rings is 2. The number of nitrogens with zero attached hydrogens (tertiary/aromatic N) is 3. The van der Waals surface area contributed by atoms with E-state index in [-0.39, 0.29) is 11.5 Å². The number of hydrogen-bond acceptors (Lipinski definition) is 4. The first kappa shape index (κ1) is 16.1. The minimum Gasteiger partial charge on any atom is -0.247 e. The van der Waals surface area contributed by atoms with Crippen molar-refractivity contribution in [2.24, 2.45) is 4.99 Å². The van der Waals surface area contributed by atoms with E-state index in [0.29, 0.717) is 5.56 Å². The maximum absolute atomic E-state index is 14.1. The minimum atomic E-state index is -0.679. The molecule has 1 aromatic heterocycles. The molecule has 0 atom stereocenters. The summed E-state index contributed by atoms with van der Waals surface area (Å²) in [5, 5.41) is 2.14. The quantitative estimate of drug-likeness (QED) is 0.483. The van der Waals surface area contributed by atoms with Crippen molar-refractivity contribution in [1.82, 2.24) is 9.97 Å². The van der Waals surface area contributed by atoms with Crippen molar-refractivity contribution in [2.45, 2.75) is 13.3 Å². The molecule has 0 radical (unpaired) electrons. The maximum Gasteiger partial charge on any atom is 0.241 e. The molecule has 2 aromatic carbocycles. The highest BCUT2D eigenvalue weighted by molar-refractivity contribution is 7.78. The van der Waals surface area contributed by atoms with Gasteiger partial charge < -0.3 is 0 Å². The number of aryl methyl sites for hydroxylation is 1. The van der Waals surface area contributed by atoms with Crippen molar-refractivity contribution >= 4 is 23.2 Å². The number of aromatic nitrogens is 2. The zero-order valence-electron chi connectivity index (χ0n) is 13.0. The van der Waals surface area contributed by atoms with Crippen LogP contribution in [0.2, 0.25) is 0 Å². The molecule has 3 rings (SSSR count). The summed E-state index contributed by atoms with van der Waals surface area (Å²) in [6.07, 6.45) is 2.38. The van der Waals surface area contributed by atoms with Crippen LogP contribution in [0.15, 0.2) is 59.7 Å². The van der Waals surface area contributed by atoms with Crippen LogP contribution in [0.25, 0.3) is 22.4 Å². The smallest absolute Gasteiger partial charge is 0.241 e. The summed E-state index contributed by atoms with van der Waals surface area (Å²) in [4.78, 5) is 11.4. The second-order valence-electron chi connectivity index (χ2n) is 5.20. The summed E-state index contributed by atoms with van der Waals surface area (Å²) in [6, 6.07) is 16.0. The van der Waals surface area contributed by atoms with Crippen molar-refractivity contribution in [3.8, 4) is 22.4 Å². The molecule has 0 unspecified atom stereocenters. The van der Waals surface area contributed by atoms with Gasteiger partial charge in [0.05, 0.1) is 11.4 Å². The van der Waals surface area contributed by atoms with Crippen molar-refractivity contribution in [1.29, 1.82) is 0 Å². The van der Waals surface area contributed by atoms with Crippen LogP contribution in [0.1, 0.15) is 12.5 Å². The summed E-state index contributed by atoms with van der Waals surface area (Å²) < 4.78 is 14.1. The fraction of sp³-hybridized carbons (Fsp3) is 0.105.